The number of alkyl halides is 3. The quantitative estimate of drug-likeness (QED) is 0.646. The summed E-state index contributed by atoms with van der Waals surface area (Å²) in [5, 5.41) is 0. The molecule has 0 N–H and O–H groups in total. The Balaban J connectivity index is 0.00000100. The van der Waals surface area contributed by atoms with Crippen molar-refractivity contribution in [3.05, 3.63) is 35.5 Å². The molecule has 0 saturated heterocycles. The molecule has 2 nitrogen and oxygen atoms in total. The predicted molar refractivity (Wildman–Crippen MR) is 92.4 cm³/mol. The van der Waals surface area contributed by atoms with Gasteiger partial charge in [-0.1, -0.05) is 19.9 Å². The van der Waals surface area contributed by atoms with Gasteiger partial charge in [0.05, 0.1) is 16.9 Å². The van der Waals surface area contributed by atoms with E-state index < -0.39 is 11.7 Å². The first-order chi connectivity index (χ1) is 11.2. The van der Waals surface area contributed by atoms with E-state index in [0.717, 1.165) is 17.0 Å². The van der Waals surface area contributed by atoms with Gasteiger partial charge in [0.1, 0.15) is 0 Å². The van der Waals surface area contributed by atoms with Gasteiger partial charge in [-0.25, -0.2) is 0 Å². The molecule has 6 heteroatoms. The molecule has 1 aliphatic carbocycles. The number of benzene rings is 1. The summed E-state index contributed by atoms with van der Waals surface area (Å²) >= 11 is 1.55. The lowest BCUT2D eigenvalue weighted by Gasteiger charge is -2.40. The zero-order valence-electron chi connectivity index (χ0n) is 14.3. The molecule has 24 heavy (non-hydrogen) atoms. The number of halogens is 3. The minimum absolute atomic E-state index is 0.00561. The van der Waals surface area contributed by atoms with Crippen molar-refractivity contribution < 1.29 is 18.0 Å². The van der Waals surface area contributed by atoms with Crippen molar-refractivity contribution in [3.8, 4) is 0 Å². The van der Waals surface area contributed by atoms with E-state index >= 15 is 0 Å². The normalized spacial score (nSPS) is 19.4. The number of rotatable bonds is 1. The lowest BCUT2D eigenvalue weighted by molar-refractivity contribution is -0.137. The molecule has 0 unspecified atom stereocenters. The molecule has 0 aromatic heterocycles. The summed E-state index contributed by atoms with van der Waals surface area (Å²) in [6, 6.07) is 3.77. The molecule has 0 spiro atoms. The fourth-order valence-electron chi connectivity index (χ4n) is 2.84. The first-order valence-corrected chi connectivity index (χ1v) is 8.90. The second kappa shape index (κ2) is 6.82. The molecule has 2 aliphatic rings. The molecule has 0 saturated carbocycles. The molecule has 1 aliphatic heterocycles. The second-order valence-corrected chi connectivity index (χ2v) is 7.93. The van der Waals surface area contributed by atoms with Crippen LogP contribution in [-0.4, -0.2) is 17.1 Å². The molecule has 0 fully saturated rings. The van der Waals surface area contributed by atoms with Gasteiger partial charge < -0.3 is 4.90 Å². The fourth-order valence-corrected chi connectivity index (χ4v) is 4.04. The number of carbonyl (C=O) groups excluding carboxylic acids is 1. The first kappa shape index (κ1) is 18.9. The van der Waals surface area contributed by atoms with Crippen LogP contribution < -0.4 is 4.90 Å². The standard InChI is InChI=1S/C16H16F3NOS.C2H6/c1-15(2)9-20(11-4-3-5-13(11)21)12-8-10(16(17,18)19)6-7-14(12)22-15;1-2/h4,6-8H,3,5,9H2,1-2H3;1-2H3. The van der Waals surface area contributed by atoms with Crippen LogP contribution >= 0.6 is 11.8 Å². The Hall–Kier alpha value is -1.43. The summed E-state index contributed by atoms with van der Waals surface area (Å²) < 4.78 is 38.8. The molecule has 0 atom stereocenters. The third-order valence-corrected chi connectivity index (χ3v) is 5.03. The smallest absolute Gasteiger partial charge is 0.337 e. The number of thioether (sulfide) groups is 1. The van der Waals surface area contributed by atoms with E-state index in [2.05, 4.69) is 0 Å². The topological polar surface area (TPSA) is 20.3 Å². The molecular weight excluding hydrogens is 335 g/mol. The summed E-state index contributed by atoms with van der Waals surface area (Å²) in [6.45, 7) is 8.58. The van der Waals surface area contributed by atoms with Crippen LogP contribution in [0, 0.1) is 0 Å². The van der Waals surface area contributed by atoms with Gasteiger partial charge >= 0.3 is 6.18 Å². The van der Waals surface area contributed by atoms with Crippen LogP contribution in [0.3, 0.4) is 0 Å². The molecule has 0 radical (unpaired) electrons. The molecule has 132 valence electrons. The number of carbonyl (C=O) groups is 1. The van der Waals surface area contributed by atoms with Crippen molar-refractivity contribution in [2.45, 2.75) is 56.4 Å². The molecular formula is C18H22F3NOS. The number of nitrogens with zero attached hydrogens (tertiary/aromatic N) is 1. The minimum Gasteiger partial charge on any atom is -0.337 e. The van der Waals surface area contributed by atoms with E-state index in [1.54, 1.807) is 16.7 Å². The summed E-state index contributed by atoms with van der Waals surface area (Å²) in [5.74, 6) is 0.00561. The number of fused-ring (bicyclic) bond motifs is 1. The summed E-state index contributed by atoms with van der Waals surface area (Å²) in [7, 11) is 0. The van der Waals surface area contributed by atoms with Gasteiger partial charge in [-0.2, -0.15) is 13.2 Å². The van der Waals surface area contributed by atoms with E-state index in [4.69, 9.17) is 0 Å². The second-order valence-electron chi connectivity index (χ2n) is 6.18. The third-order valence-electron chi connectivity index (χ3n) is 3.79. The Morgan fingerprint density at radius 3 is 2.42 bits per heavy atom. The van der Waals surface area contributed by atoms with Crippen LogP contribution in [-0.2, 0) is 11.0 Å². The van der Waals surface area contributed by atoms with Gasteiger partial charge in [0.25, 0.3) is 0 Å². The molecule has 0 bridgehead atoms. The highest BCUT2D eigenvalue weighted by Gasteiger charge is 2.38. The lowest BCUT2D eigenvalue weighted by Crippen LogP contribution is -2.41. The van der Waals surface area contributed by atoms with Gasteiger partial charge in [-0.3, -0.25) is 4.79 Å². The Labute approximate surface area is 145 Å². The van der Waals surface area contributed by atoms with Gasteiger partial charge in [0.15, 0.2) is 5.78 Å². The zero-order valence-corrected chi connectivity index (χ0v) is 15.1. The highest BCUT2D eigenvalue weighted by atomic mass is 32.2. The highest BCUT2D eigenvalue weighted by Crippen LogP contribution is 2.48. The Kier molecular flexibility index (Phi) is 5.37. The van der Waals surface area contributed by atoms with Crippen molar-refractivity contribution in [3.63, 3.8) is 0 Å². The van der Waals surface area contributed by atoms with Crippen molar-refractivity contribution in [1.82, 2.24) is 0 Å². The number of hydrogen-bond acceptors (Lipinski definition) is 3. The number of Topliss-reactive ketones (excluding diaryl/α,β-unsaturated/α-hetero) is 1. The number of allylic oxidation sites excluding steroid dienone is 2. The van der Waals surface area contributed by atoms with Crippen molar-refractivity contribution >= 4 is 23.2 Å². The van der Waals surface area contributed by atoms with Crippen molar-refractivity contribution in [2.24, 2.45) is 0 Å². The van der Waals surface area contributed by atoms with Crippen LogP contribution in [0.15, 0.2) is 34.9 Å². The van der Waals surface area contributed by atoms with Gasteiger partial charge in [0.2, 0.25) is 0 Å². The van der Waals surface area contributed by atoms with Crippen LogP contribution in [0.1, 0.15) is 46.1 Å². The minimum atomic E-state index is -4.38. The first-order valence-electron chi connectivity index (χ1n) is 8.08. The maximum atomic E-state index is 13.0. The predicted octanol–water partition coefficient (Wildman–Crippen LogP) is 5.67. The van der Waals surface area contributed by atoms with Crippen LogP contribution in [0.5, 0.6) is 0 Å². The van der Waals surface area contributed by atoms with E-state index in [1.807, 2.05) is 33.8 Å². The fraction of sp³-hybridized carbons (Fsp3) is 0.500. The molecule has 1 heterocycles. The van der Waals surface area contributed by atoms with E-state index in [1.165, 1.54) is 6.07 Å². The number of ketones is 1. The Morgan fingerprint density at radius 1 is 1.21 bits per heavy atom. The maximum Gasteiger partial charge on any atom is 0.416 e. The van der Waals surface area contributed by atoms with Crippen LogP contribution in [0.4, 0.5) is 18.9 Å². The zero-order chi connectivity index (χ0) is 18.1. The summed E-state index contributed by atoms with van der Waals surface area (Å²) in [5.41, 5.74) is 0.345. The van der Waals surface area contributed by atoms with E-state index in [9.17, 15) is 18.0 Å². The molecule has 0 amide bonds. The van der Waals surface area contributed by atoms with Crippen molar-refractivity contribution in [2.75, 3.05) is 11.4 Å². The van der Waals surface area contributed by atoms with Gasteiger partial charge in [0, 0.05) is 22.6 Å². The molecule has 1 aromatic carbocycles. The average Bonchev–Trinajstić information content (AvgIpc) is 2.92. The molecule has 1 aromatic rings. The Morgan fingerprint density at radius 2 is 1.88 bits per heavy atom. The van der Waals surface area contributed by atoms with Gasteiger partial charge in [-0.15, -0.1) is 11.8 Å². The van der Waals surface area contributed by atoms with Crippen LogP contribution in [0.2, 0.25) is 0 Å². The van der Waals surface area contributed by atoms with Gasteiger partial charge in [-0.05, 0) is 38.5 Å². The van der Waals surface area contributed by atoms with Crippen LogP contribution in [0.25, 0.3) is 0 Å². The van der Waals surface area contributed by atoms with E-state index in [-0.39, 0.29) is 10.5 Å². The number of hydrogen-bond donors (Lipinski definition) is 0. The average molecular weight is 357 g/mol. The highest BCUT2D eigenvalue weighted by molar-refractivity contribution is 8.00. The SMILES string of the molecule is CC.CC1(C)CN(C2=CCCC2=O)c2cc(C(F)(F)F)ccc2S1. The number of anilines is 1. The third kappa shape index (κ3) is 3.79. The largest absolute Gasteiger partial charge is 0.416 e. The summed E-state index contributed by atoms with van der Waals surface area (Å²) in [4.78, 5) is 14.6. The molecule has 3 rings (SSSR count). The van der Waals surface area contributed by atoms with E-state index in [0.29, 0.717) is 30.8 Å². The maximum absolute atomic E-state index is 13.0. The summed E-state index contributed by atoms with van der Waals surface area (Å²) in [6.07, 6.45) is -1.45. The Bertz CT molecular complexity index is 665. The monoisotopic (exact) mass is 357 g/mol. The van der Waals surface area contributed by atoms with Crippen molar-refractivity contribution in [1.29, 1.82) is 0 Å². The lowest BCUT2D eigenvalue weighted by atomic mass is 10.1.